The van der Waals surface area contributed by atoms with Crippen LogP contribution in [0.3, 0.4) is 0 Å². The Labute approximate surface area is 172 Å². The van der Waals surface area contributed by atoms with E-state index in [1.807, 2.05) is 31.2 Å². The van der Waals surface area contributed by atoms with E-state index in [-0.39, 0.29) is 29.3 Å². The highest BCUT2D eigenvalue weighted by molar-refractivity contribution is 6.00. The molecule has 1 saturated carbocycles. The first-order chi connectivity index (χ1) is 14.1. The van der Waals surface area contributed by atoms with E-state index < -0.39 is 23.3 Å². The van der Waals surface area contributed by atoms with Crippen LogP contribution >= 0.6 is 0 Å². The van der Waals surface area contributed by atoms with E-state index in [1.54, 1.807) is 18.0 Å². The van der Waals surface area contributed by atoms with Gasteiger partial charge in [-0.25, -0.2) is 4.98 Å². The fourth-order valence-corrected chi connectivity index (χ4v) is 4.36. The van der Waals surface area contributed by atoms with Crippen molar-refractivity contribution in [1.82, 2.24) is 4.98 Å². The lowest BCUT2D eigenvalue weighted by Crippen LogP contribution is -2.47. The van der Waals surface area contributed by atoms with Crippen molar-refractivity contribution in [3.05, 3.63) is 52.7 Å². The molecular weight excluding hydrogens is 393 g/mol. The van der Waals surface area contributed by atoms with Gasteiger partial charge in [-0.3, -0.25) is 4.79 Å². The second-order valence-electron chi connectivity index (χ2n) is 8.11. The lowest BCUT2D eigenvalue weighted by molar-refractivity contribution is -0.137. The number of nitriles is 1. The summed E-state index contributed by atoms with van der Waals surface area (Å²) in [7, 11) is 1.67. The van der Waals surface area contributed by atoms with Crippen molar-refractivity contribution >= 4 is 17.4 Å². The third kappa shape index (κ3) is 3.38. The molecule has 2 heterocycles. The maximum Gasteiger partial charge on any atom is 0.417 e. The van der Waals surface area contributed by atoms with Gasteiger partial charge in [0.2, 0.25) is 5.91 Å². The maximum atomic E-state index is 13.5. The van der Waals surface area contributed by atoms with Gasteiger partial charge in [-0.05, 0) is 55.9 Å². The standard InChI is InChI=1S/C22H21F3N4O/c1-12-5-4-6-15(7-12)28(3)21(30)19-16-9-14(16)11-29(19)20-17(10-26)18(22(23,24)25)8-13(2)27-20/h4-8,14,16,19H,9,11H2,1-3H3. The van der Waals surface area contributed by atoms with E-state index in [0.717, 1.165) is 23.7 Å². The normalized spacial score (nSPS) is 22.4. The molecule has 30 heavy (non-hydrogen) atoms. The summed E-state index contributed by atoms with van der Waals surface area (Å²) in [4.78, 5) is 20.8. The number of likely N-dealkylation sites (N-methyl/N-ethyl adjacent to an activating group) is 1. The second kappa shape index (κ2) is 7.01. The number of anilines is 2. The molecule has 3 unspecified atom stereocenters. The fraction of sp³-hybridized carbons (Fsp3) is 0.409. The lowest BCUT2D eigenvalue weighted by atomic mass is 10.1. The predicted molar refractivity (Wildman–Crippen MR) is 106 cm³/mol. The number of halogens is 3. The highest BCUT2D eigenvalue weighted by atomic mass is 19.4. The number of rotatable bonds is 3. The number of alkyl halides is 3. The average Bonchev–Trinajstić information content (AvgIpc) is 3.35. The molecule has 0 radical (unpaired) electrons. The summed E-state index contributed by atoms with van der Waals surface area (Å²) in [5, 5.41) is 9.52. The molecule has 1 aromatic carbocycles. The Balaban J connectivity index is 1.74. The molecule has 2 fully saturated rings. The number of pyridine rings is 1. The molecule has 0 bridgehead atoms. The van der Waals surface area contributed by atoms with Crippen LogP contribution in [0.15, 0.2) is 30.3 Å². The Kier molecular flexibility index (Phi) is 4.72. The minimum absolute atomic E-state index is 0.0481. The topological polar surface area (TPSA) is 60.2 Å². The van der Waals surface area contributed by atoms with Crippen LogP contribution in [-0.2, 0) is 11.0 Å². The smallest absolute Gasteiger partial charge is 0.343 e. The fourth-order valence-electron chi connectivity index (χ4n) is 4.36. The van der Waals surface area contributed by atoms with Crippen LogP contribution in [0.4, 0.5) is 24.7 Å². The monoisotopic (exact) mass is 414 g/mol. The molecule has 1 aliphatic heterocycles. The number of aryl methyl sites for hydroxylation is 2. The Morgan fingerprint density at radius 3 is 2.67 bits per heavy atom. The minimum atomic E-state index is -4.67. The summed E-state index contributed by atoms with van der Waals surface area (Å²) in [6, 6.07) is 9.42. The Bertz CT molecular complexity index is 1060. The molecule has 0 N–H and O–H groups in total. The van der Waals surface area contributed by atoms with Gasteiger partial charge in [0.15, 0.2) is 0 Å². The maximum absolute atomic E-state index is 13.5. The van der Waals surface area contributed by atoms with Crippen molar-refractivity contribution in [2.45, 2.75) is 32.5 Å². The summed E-state index contributed by atoms with van der Waals surface area (Å²) in [5.41, 5.74) is 0.353. The van der Waals surface area contributed by atoms with Gasteiger partial charge in [-0.1, -0.05) is 12.1 Å². The summed E-state index contributed by atoms with van der Waals surface area (Å²) in [5.74, 6) is 0.0420. The highest BCUT2D eigenvalue weighted by Crippen LogP contribution is 2.52. The van der Waals surface area contributed by atoms with Crippen molar-refractivity contribution in [1.29, 1.82) is 5.26 Å². The molecule has 5 nitrogen and oxygen atoms in total. The Hall–Kier alpha value is -3.08. The van der Waals surface area contributed by atoms with Crippen LogP contribution in [0.2, 0.25) is 0 Å². The van der Waals surface area contributed by atoms with E-state index in [2.05, 4.69) is 4.98 Å². The first kappa shape index (κ1) is 20.2. The second-order valence-corrected chi connectivity index (χ2v) is 8.11. The van der Waals surface area contributed by atoms with Crippen LogP contribution in [-0.4, -0.2) is 30.5 Å². The van der Waals surface area contributed by atoms with E-state index in [9.17, 15) is 23.2 Å². The number of carbonyl (C=O) groups is 1. The number of hydrogen-bond donors (Lipinski definition) is 0. The molecule has 1 amide bonds. The summed E-state index contributed by atoms with van der Waals surface area (Å²) >= 11 is 0. The van der Waals surface area contributed by atoms with Crippen molar-refractivity contribution in [3.8, 4) is 6.07 Å². The minimum Gasteiger partial charge on any atom is -0.343 e. The van der Waals surface area contributed by atoms with E-state index in [1.165, 1.54) is 11.8 Å². The van der Waals surface area contributed by atoms with E-state index in [4.69, 9.17) is 0 Å². The van der Waals surface area contributed by atoms with Crippen LogP contribution in [0.5, 0.6) is 0 Å². The molecule has 2 aromatic rings. The number of benzene rings is 1. The number of amides is 1. The Morgan fingerprint density at radius 1 is 1.30 bits per heavy atom. The molecule has 1 aliphatic carbocycles. The molecule has 156 valence electrons. The largest absolute Gasteiger partial charge is 0.417 e. The van der Waals surface area contributed by atoms with E-state index >= 15 is 0 Å². The van der Waals surface area contributed by atoms with Gasteiger partial charge in [0.25, 0.3) is 0 Å². The van der Waals surface area contributed by atoms with Gasteiger partial charge in [-0.2, -0.15) is 18.4 Å². The van der Waals surface area contributed by atoms with Crippen LogP contribution in [0.25, 0.3) is 0 Å². The molecule has 0 spiro atoms. The predicted octanol–water partition coefficient (Wildman–Crippen LogP) is 4.08. The molecule has 4 rings (SSSR count). The number of piperidine rings is 1. The number of fused-ring (bicyclic) bond motifs is 1. The zero-order chi connectivity index (χ0) is 21.8. The van der Waals surface area contributed by atoms with E-state index in [0.29, 0.717) is 6.54 Å². The molecule has 1 aromatic heterocycles. The number of carbonyl (C=O) groups excluding carboxylic acids is 1. The van der Waals surface area contributed by atoms with Crippen molar-refractivity contribution < 1.29 is 18.0 Å². The van der Waals surface area contributed by atoms with Crippen molar-refractivity contribution in [2.24, 2.45) is 11.8 Å². The first-order valence-electron chi connectivity index (χ1n) is 9.71. The van der Waals surface area contributed by atoms with Crippen molar-refractivity contribution in [3.63, 3.8) is 0 Å². The Morgan fingerprint density at radius 2 is 2.03 bits per heavy atom. The van der Waals surface area contributed by atoms with Gasteiger partial charge in [0.1, 0.15) is 23.5 Å². The molecule has 1 saturated heterocycles. The quantitative estimate of drug-likeness (QED) is 0.760. The average molecular weight is 414 g/mol. The first-order valence-corrected chi connectivity index (χ1v) is 9.71. The van der Waals surface area contributed by atoms with Gasteiger partial charge < -0.3 is 9.80 Å². The van der Waals surface area contributed by atoms with Gasteiger partial charge in [-0.15, -0.1) is 0 Å². The SMILES string of the molecule is Cc1cccc(N(C)C(=O)C2C3CC3CN2c2nc(C)cc(C(F)(F)F)c2C#N)c1. The molecule has 3 atom stereocenters. The molecular formula is C22H21F3N4O. The van der Waals surface area contributed by atoms with Gasteiger partial charge >= 0.3 is 6.18 Å². The van der Waals surface area contributed by atoms with Crippen molar-refractivity contribution in [2.75, 3.05) is 23.4 Å². The number of aromatic nitrogens is 1. The summed E-state index contributed by atoms with van der Waals surface area (Å²) in [6.45, 7) is 3.81. The number of nitrogens with zero attached hydrogens (tertiary/aromatic N) is 4. The zero-order valence-corrected chi connectivity index (χ0v) is 16.9. The third-order valence-electron chi connectivity index (χ3n) is 5.94. The third-order valence-corrected chi connectivity index (χ3v) is 5.94. The van der Waals surface area contributed by atoms with Crippen LogP contribution < -0.4 is 9.80 Å². The van der Waals surface area contributed by atoms with Crippen LogP contribution in [0, 0.1) is 37.0 Å². The van der Waals surface area contributed by atoms with Gasteiger partial charge in [0.05, 0.1) is 5.56 Å². The van der Waals surface area contributed by atoms with Gasteiger partial charge in [0, 0.05) is 25.0 Å². The summed E-state index contributed by atoms with van der Waals surface area (Å²) < 4.78 is 40.6. The molecule has 8 heteroatoms. The number of hydrogen-bond acceptors (Lipinski definition) is 4. The van der Waals surface area contributed by atoms with Crippen LogP contribution in [0.1, 0.15) is 28.8 Å². The lowest BCUT2D eigenvalue weighted by Gasteiger charge is -2.32. The zero-order valence-electron chi connectivity index (χ0n) is 16.9. The summed E-state index contributed by atoms with van der Waals surface area (Å²) in [6.07, 6.45) is -3.82. The highest BCUT2D eigenvalue weighted by Gasteiger charge is 2.57. The molecule has 2 aliphatic rings.